The molecule has 1 fully saturated rings. The van der Waals surface area contributed by atoms with Crippen molar-refractivity contribution in [2.24, 2.45) is 11.8 Å². The lowest BCUT2D eigenvalue weighted by Gasteiger charge is -2.18. The highest BCUT2D eigenvalue weighted by atomic mass is 19.1. The molecule has 0 saturated heterocycles. The zero-order valence-corrected chi connectivity index (χ0v) is 10.00. The lowest BCUT2D eigenvalue weighted by atomic mass is 9.94. The van der Waals surface area contributed by atoms with E-state index in [1.807, 2.05) is 0 Å². The summed E-state index contributed by atoms with van der Waals surface area (Å²) < 4.78 is 26.4. The Labute approximate surface area is 100 Å². The van der Waals surface area contributed by atoms with Crippen molar-refractivity contribution < 1.29 is 13.9 Å². The van der Waals surface area contributed by atoms with E-state index in [0.717, 1.165) is 31.4 Å². The van der Waals surface area contributed by atoms with E-state index in [9.17, 15) is 13.9 Å². The molecule has 3 unspecified atom stereocenters. The average molecular weight is 240 g/mol. The molecule has 3 heteroatoms. The normalized spacial score (nSPS) is 26.1. The van der Waals surface area contributed by atoms with Gasteiger partial charge < -0.3 is 5.11 Å². The molecule has 0 spiro atoms. The highest BCUT2D eigenvalue weighted by Gasteiger charge is 2.28. The van der Waals surface area contributed by atoms with Gasteiger partial charge in [0.1, 0.15) is 11.6 Å². The summed E-state index contributed by atoms with van der Waals surface area (Å²) in [5, 5.41) is 10.0. The summed E-state index contributed by atoms with van der Waals surface area (Å²) in [6.45, 7) is 2.16. The van der Waals surface area contributed by atoms with E-state index in [2.05, 4.69) is 6.92 Å². The highest BCUT2D eigenvalue weighted by molar-refractivity contribution is 5.19. The van der Waals surface area contributed by atoms with Crippen LogP contribution < -0.4 is 0 Å². The van der Waals surface area contributed by atoms with Crippen molar-refractivity contribution in [1.29, 1.82) is 0 Å². The van der Waals surface area contributed by atoms with Crippen LogP contribution >= 0.6 is 0 Å². The minimum atomic E-state index is -0.559. The Morgan fingerprint density at radius 2 is 2.12 bits per heavy atom. The summed E-state index contributed by atoms with van der Waals surface area (Å²) in [6.07, 6.45) is 2.74. The molecule has 0 aromatic heterocycles. The van der Waals surface area contributed by atoms with Gasteiger partial charge >= 0.3 is 0 Å². The molecule has 1 aromatic rings. The van der Waals surface area contributed by atoms with Crippen LogP contribution in [0.4, 0.5) is 8.78 Å². The predicted molar refractivity (Wildman–Crippen MR) is 62.6 cm³/mol. The van der Waals surface area contributed by atoms with Crippen molar-refractivity contribution in [1.82, 2.24) is 0 Å². The van der Waals surface area contributed by atoms with Crippen molar-refractivity contribution in [3.63, 3.8) is 0 Å². The molecule has 1 aliphatic rings. The van der Waals surface area contributed by atoms with E-state index in [-0.39, 0.29) is 17.9 Å². The number of hydrogen-bond donors (Lipinski definition) is 1. The van der Waals surface area contributed by atoms with Crippen LogP contribution in [0, 0.1) is 23.5 Å². The molecule has 17 heavy (non-hydrogen) atoms. The van der Waals surface area contributed by atoms with Gasteiger partial charge in [-0.15, -0.1) is 0 Å². The van der Waals surface area contributed by atoms with Crippen molar-refractivity contribution in [3.05, 3.63) is 35.4 Å². The summed E-state index contributed by atoms with van der Waals surface area (Å²) in [7, 11) is 0. The van der Waals surface area contributed by atoms with E-state index >= 15 is 0 Å². The lowest BCUT2D eigenvalue weighted by molar-refractivity contribution is 0.108. The topological polar surface area (TPSA) is 20.2 Å². The summed E-state index contributed by atoms with van der Waals surface area (Å²) in [5.41, 5.74) is 0.275. The molecule has 94 valence electrons. The van der Waals surface area contributed by atoms with Crippen molar-refractivity contribution >= 4 is 0 Å². The molecule has 3 atom stereocenters. The molecule has 0 radical (unpaired) electrons. The van der Waals surface area contributed by atoms with E-state index in [1.54, 1.807) is 0 Å². The van der Waals surface area contributed by atoms with Gasteiger partial charge in [0.15, 0.2) is 0 Å². The molecule has 1 nitrogen and oxygen atoms in total. The molecule has 0 bridgehead atoms. The van der Waals surface area contributed by atoms with Crippen molar-refractivity contribution in [3.8, 4) is 0 Å². The van der Waals surface area contributed by atoms with Gasteiger partial charge in [0, 0.05) is 6.42 Å². The first-order valence-corrected chi connectivity index (χ1v) is 6.18. The largest absolute Gasteiger partial charge is 0.392 e. The summed E-state index contributed by atoms with van der Waals surface area (Å²) in [4.78, 5) is 0. The van der Waals surface area contributed by atoms with Gasteiger partial charge in [0.2, 0.25) is 0 Å². The smallest absolute Gasteiger partial charge is 0.126 e. The summed E-state index contributed by atoms with van der Waals surface area (Å²) >= 11 is 0. The maximum Gasteiger partial charge on any atom is 0.126 e. The molecule has 0 heterocycles. The maximum atomic E-state index is 13.4. The van der Waals surface area contributed by atoms with E-state index in [4.69, 9.17) is 0 Å². The molecular weight excluding hydrogens is 222 g/mol. The third-order valence-electron chi connectivity index (χ3n) is 3.72. The Morgan fingerprint density at radius 3 is 2.76 bits per heavy atom. The zero-order valence-electron chi connectivity index (χ0n) is 10.00. The van der Waals surface area contributed by atoms with Crippen molar-refractivity contribution in [2.75, 3.05) is 0 Å². The number of rotatable bonds is 3. The first-order chi connectivity index (χ1) is 8.06. The van der Waals surface area contributed by atoms with Gasteiger partial charge in [0.05, 0.1) is 6.10 Å². The Balaban J connectivity index is 2.02. The van der Waals surface area contributed by atoms with Crippen LogP contribution in [0.3, 0.4) is 0 Å². The maximum absolute atomic E-state index is 13.4. The van der Waals surface area contributed by atoms with Gasteiger partial charge in [0.25, 0.3) is 0 Å². The molecule has 0 aliphatic heterocycles. The second kappa shape index (κ2) is 5.13. The molecule has 1 N–H and O–H groups in total. The average Bonchev–Trinajstić information content (AvgIpc) is 2.70. The zero-order chi connectivity index (χ0) is 12.4. The fourth-order valence-electron chi connectivity index (χ4n) is 2.69. The number of hydrogen-bond acceptors (Lipinski definition) is 1. The SMILES string of the molecule is CC1CCC(C(O)Cc2cc(F)ccc2F)C1. The van der Waals surface area contributed by atoms with Gasteiger partial charge in [-0.1, -0.05) is 13.3 Å². The summed E-state index contributed by atoms with van der Waals surface area (Å²) in [5.74, 6) is -0.0236. The number of aliphatic hydroxyl groups excluding tert-OH is 1. The van der Waals surface area contributed by atoms with Gasteiger partial charge in [-0.25, -0.2) is 8.78 Å². The van der Waals surface area contributed by atoms with Gasteiger partial charge in [-0.05, 0) is 48.4 Å². The predicted octanol–water partition coefficient (Wildman–Crippen LogP) is 3.30. The minimum Gasteiger partial charge on any atom is -0.392 e. The second-order valence-electron chi connectivity index (χ2n) is 5.19. The van der Waals surface area contributed by atoms with Crippen LogP contribution in [-0.2, 0) is 6.42 Å². The standard InChI is InChI=1S/C14H18F2O/c1-9-2-3-10(6-9)14(17)8-11-7-12(15)4-5-13(11)16/h4-5,7,9-10,14,17H,2-3,6,8H2,1H3. The highest BCUT2D eigenvalue weighted by Crippen LogP contribution is 2.33. The number of benzene rings is 1. The fraction of sp³-hybridized carbons (Fsp3) is 0.571. The van der Waals surface area contributed by atoms with Crippen LogP contribution in [-0.4, -0.2) is 11.2 Å². The minimum absolute atomic E-state index is 0.209. The Kier molecular flexibility index (Phi) is 3.77. The summed E-state index contributed by atoms with van der Waals surface area (Å²) in [6, 6.07) is 3.40. The lowest BCUT2D eigenvalue weighted by Crippen LogP contribution is -2.21. The first-order valence-electron chi connectivity index (χ1n) is 6.18. The van der Waals surface area contributed by atoms with Crippen LogP contribution in [0.15, 0.2) is 18.2 Å². The van der Waals surface area contributed by atoms with Gasteiger partial charge in [-0.3, -0.25) is 0 Å². The third kappa shape index (κ3) is 3.03. The molecule has 1 saturated carbocycles. The van der Waals surface area contributed by atoms with Crippen LogP contribution in [0.5, 0.6) is 0 Å². The monoisotopic (exact) mass is 240 g/mol. The Hall–Kier alpha value is -0.960. The van der Waals surface area contributed by atoms with Gasteiger partial charge in [-0.2, -0.15) is 0 Å². The fourth-order valence-corrected chi connectivity index (χ4v) is 2.69. The molecule has 1 aliphatic carbocycles. The van der Waals surface area contributed by atoms with E-state index < -0.39 is 17.7 Å². The Bertz CT molecular complexity index is 392. The quantitative estimate of drug-likeness (QED) is 0.859. The van der Waals surface area contributed by atoms with E-state index in [1.165, 1.54) is 6.07 Å². The second-order valence-corrected chi connectivity index (χ2v) is 5.19. The molecule has 2 rings (SSSR count). The van der Waals surface area contributed by atoms with Crippen molar-refractivity contribution in [2.45, 2.75) is 38.7 Å². The first kappa shape index (κ1) is 12.5. The van der Waals surface area contributed by atoms with Crippen LogP contribution in [0.25, 0.3) is 0 Å². The van der Waals surface area contributed by atoms with Crippen LogP contribution in [0.1, 0.15) is 31.7 Å². The number of aliphatic hydroxyl groups is 1. The third-order valence-corrected chi connectivity index (χ3v) is 3.72. The molecular formula is C14H18F2O. The van der Waals surface area contributed by atoms with E-state index in [0.29, 0.717) is 5.92 Å². The molecule has 1 aromatic carbocycles. The molecule has 0 amide bonds. The Morgan fingerprint density at radius 1 is 1.35 bits per heavy atom. The van der Waals surface area contributed by atoms with Crippen LogP contribution in [0.2, 0.25) is 0 Å². The number of halogens is 2.